The summed E-state index contributed by atoms with van der Waals surface area (Å²) in [5.41, 5.74) is 8.37. The van der Waals surface area contributed by atoms with Crippen LogP contribution in [-0.4, -0.2) is 30.6 Å². The smallest absolute Gasteiger partial charge is 0.140 e. The van der Waals surface area contributed by atoms with Gasteiger partial charge in [0.05, 0.1) is 11.1 Å². The number of likely N-dealkylation sites (tertiary alicyclic amines) is 1. The highest BCUT2D eigenvalue weighted by molar-refractivity contribution is 6.32. The van der Waals surface area contributed by atoms with Gasteiger partial charge in [-0.2, -0.15) is 0 Å². The lowest BCUT2D eigenvalue weighted by molar-refractivity contribution is 0.0917. The van der Waals surface area contributed by atoms with E-state index in [9.17, 15) is 4.39 Å². The van der Waals surface area contributed by atoms with Gasteiger partial charge in [0.1, 0.15) is 17.7 Å². The van der Waals surface area contributed by atoms with Crippen molar-refractivity contribution in [3.63, 3.8) is 0 Å². The lowest BCUT2D eigenvalue weighted by atomic mass is 10.1. The molecule has 2 N–H and O–H groups in total. The van der Waals surface area contributed by atoms with E-state index in [1.165, 1.54) is 23.3 Å². The molecule has 1 aliphatic heterocycles. The predicted molar refractivity (Wildman–Crippen MR) is 97.4 cm³/mol. The van der Waals surface area contributed by atoms with Gasteiger partial charge in [0.25, 0.3) is 0 Å². The summed E-state index contributed by atoms with van der Waals surface area (Å²) < 4.78 is 19.7. The number of ether oxygens (including phenoxy) is 1. The van der Waals surface area contributed by atoms with Crippen molar-refractivity contribution in [2.75, 3.05) is 19.6 Å². The van der Waals surface area contributed by atoms with Gasteiger partial charge in [-0.05, 0) is 61.2 Å². The maximum absolute atomic E-state index is 13.3. The Morgan fingerprint density at radius 3 is 2.84 bits per heavy atom. The zero-order valence-electron chi connectivity index (χ0n) is 14.0. The quantitative estimate of drug-likeness (QED) is 0.901. The fourth-order valence-corrected chi connectivity index (χ4v) is 4.28. The Kier molecular flexibility index (Phi) is 4.67. The van der Waals surface area contributed by atoms with E-state index < -0.39 is 0 Å². The van der Waals surface area contributed by atoms with Crippen LogP contribution >= 0.6 is 11.6 Å². The number of hydrogen-bond acceptors (Lipinski definition) is 3. The summed E-state index contributed by atoms with van der Waals surface area (Å²) in [6.45, 7) is 2.77. The topological polar surface area (TPSA) is 38.5 Å². The first-order chi connectivity index (χ1) is 12.2. The van der Waals surface area contributed by atoms with Gasteiger partial charge in [0.2, 0.25) is 0 Å². The lowest BCUT2D eigenvalue weighted by Crippen LogP contribution is -2.39. The number of benzene rings is 2. The van der Waals surface area contributed by atoms with E-state index in [4.69, 9.17) is 22.1 Å². The Bertz CT molecular complexity index is 769. The van der Waals surface area contributed by atoms with Crippen molar-refractivity contribution in [1.29, 1.82) is 0 Å². The molecule has 5 heteroatoms. The Morgan fingerprint density at radius 1 is 1.24 bits per heavy atom. The van der Waals surface area contributed by atoms with Crippen LogP contribution < -0.4 is 10.5 Å². The van der Waals surface area contributed by atoms with Crippen molar-refractivity contribution in [1.82, 2.24) is 4.90 Å². The van der Waals surface area contributed by atoms with Crippen molar-refractivity contribution in [3.8, 4) is 5.75 Å². The van der Waals surface area contributed by atoms with Gasteiger partial charge in [-0.25, -0.2) is 4.39 Å². The zero-order chi connectivity index (χ0) is 17.4. The van der Waals surface area contributed by atoms with E-state index >= 15 is 0 Å². The van der Waals surface area contributed by atoms with Gasteiger partial charge in [-0.15, -0.1) is 0 Å². The Balaban J connectivity index is 1.63. The molecule has 3 atom stereocenters. The maximum atomic E-state index is 13.3. The Labute approximate surface area is 152 Å². The van der Waals surface area contributed by atoms with E-state index in [2.05, 4.69) is 23.1 Å². The maximum Gasteiger partial charge on any atom is 0.140 e. The molecule has 2 aromatic carbocycles. The van der Waals surface area contributed by atoms with Crippen LogP contribution in [0.25, 0.3) is 0 Å². The summed E-state index contributed by atoms with van der Waals surface area (Å²) in [5.74, 6) is 0.731. The fourth-order valence-electron chi connectivity index (χ4n) is 4.06. The van der Waals surface area contributed by atoms with Crippen LogP contribution in [0.1, 0.15) is 23.7 Å². The van der Waals surface area contributed by atoms with E-state index in [1.807, 2.05) is 6.07 Å². The molecule has 2 aromatic rings. The molecule has 4 rings (SSSR count). The van der Waals surface area contributed by atoms with Crippen molar-refractivity contribution in [3.05, 3.63) is 64.4 Å². The van der Waals surface area contributed by atoms with Crippen LogP contribution in [0.3, 0.4) is 0 Å². The van der Waals surface area contributed by atoms with Gasteiger partial charge in [-0.1, -0.05) is 35.9 Å². The van der Waals surface area contributed by atoms with Crippen molar-refractivity contribution >= 4 is 11.6 Å². The third-order valence-corrected chi connectivity index (χ3v) is 5.70. The van der Waals surface area contributed by atoms with Crippen LogP contribution in [-0.2, 0) is 6.42 Å². The molecule has 1 heterocycles. The molecule has 0 radical (unpaired) electrons. The Hall–Kier alpha value is -1.62. The first kappa shape index (κ1) is 16.8. The largest absolute Gasteiger partial charge is 0.482 e. The molecule has 1 saturated heterocycles. The fraction of sp³-hybridized carbons (Fsp3) is 0.400. The summed E-state index contributed by atoms with van der Waals surface area (Å²) in [5, 5.41) is 0.310. The van der Waals surface area contributed by atoms with Gasteiger partial charge in [0, 0.05) is 6.54 Å². The van der Waals surface area contributed by atoms with E-state index in [1.54, 1.807) is 6.07 Å². The highest BCUT2D eigenvalue weighted by atomic mass is 35.5. The van der Waals surface area contributed by atoms with Crippen molar-refractivity contribution in [2.24, 2.45) is 11.7 Å². The average Bonchev–Trinajstić information content (AvgIpc) is 3.22. The highest BCUT2D eigenvalue weighted by Crippen LogP contribution is 2.41. The second-order valence-corrected chi connectivity index (χ2v) is 7.38. The lowest BCUT2D eigenvalue weighted by Gasteiger charge is -2.30. The van der Waals surface area contributed by atoms with Gasteiger partial charge in [0.15, 0.2) is 0 Å². The molecule has 0 bridgehead atoms. The number of fused-ring (bicyclic) bond motifs is 1. The first-order valence-electron chi connectivity index (χ1n) is 8.79. The zero-order valence-corrected chi connectivity index (χ0v) is 14.8. The van der Waals surface area contributed by atoms with Crippen molar-refractivity contribution < 1.29 is 9.13 Å². The molecule has 0 unspecified atom stereocenters. The molecular weight excluding hydrogens is 339 g/mol. The molecule has 25 heavy (non-hydrogen) atoms. The second-order valence-electron chi connectivity index (χ2n) is 6.97. The van der Waals surface area contributed by atoms with Crippen molar-refractivity contribution in [2.45, 2.75) is 25.0 Å². The minimum Gasteiger partial charge on any atom is -0.482 e. The van der Waals surface area contributed by atoms with Crippen LogP contribution in [0.15, 0.2) is 42.5 Å². The van der Waals surface area contributed by atoms with Gasteiger partial charge in [-0.3, -0.25) is 4.90 Å². The molecule has 0 saturated carbocycles. The molecular formula is C20H22ClFN2O. The number of rotatable bonds is 4. The molecule has 1 fully saturated rings. The summed E-state index contributed by atoms with van der Waals surface area (Å²) in [4.78, 5) is 2.49. The van der Waals surface area contributed by atoms with Crippen LogP contribution in [0, 0.1) is 11.7 Å². The number of nitrogens with zero attached hydrogens (tertiary/aromatic N) is 1. The van der Waals surface area contributed by atoms with E-state index in [0.717, 1.165) is 32.5 Å². The molecule has 3 nitrogen and oxygen atoms in total. The standard InChI is InChI=1S/C20H22ClFN2O/c21-17-10-15(22)5-6-19(17)25-20-16-4-2-1-3-14(16)9-18(20)24-8-7-13(11-23)12-24/h1-6,10,13,18,20H,7-9,11-12,23H2/t13-,18-,20-/m1/s1. The highest BCUT2D eigenvalue weighted by Gasteiger charge is 2.40. The second kappa shape index (κ2) is 6.94. The molecule has 0 amide bonds. The first-order valence-corrected chi connectivity index (χ1v) is 9.17. The SMILES string of the molecule is NC[C@H]1CCN([C@@H]2Cc3ccccc3[C@H]2Oc2ccc(F)cc2Cl)C1. The monoisotopic (exact) mass is 360 g/mol. The molecule has 2 aliphatic rings. The number of nitrogens with two attached hydrogens (primary N) is 1. The predicted octanol–water partition coefficient (Wildman–Crippen LogP) is 3.80. The number of hydrogen-bond donors (Lipinski definition) is 1. The Morgan fingerprint density at radius 2 is 2.08 bits per heavy atom. The normalized spacial score (nSPS) is 26.0. The molecule has 0 spiro atoms. The summed E-state index contributed by atoms with van der Waals surface area (Å²) in [6.07, 6.45) is 1.99. The summed E-state index contributed by atoms with van der Waals surface area (Å²) >= 11 is 6.19. The molecule has 1 aliphatic carbocycles. The number of halogens is 2. The van der Waals surface area contributed by atoms with E-state index in [-0.39, 0.29) is 18.0 Å². The third kappa shape index (κ3) is 3.26. The van der Waals surface area contributed by atoms with Gasteiger partial charge < -0.3 is 10.5 Å². The average molecular weight is 361 g/mol. The van der Waals surface area contributed by atoms with Crippen LogP contribution in [0.2, 0.25) is 5.02 Å². The van der Waals surface area contributed by atoms with Crippen LogP contribution in [0.5, 0.6) is 5.75 Å². The van der Waals surface area contributed by atoms with Crippen LogP contribution in [0.4, 0.5) is 4.39 Å². The minimum absolute atomic E-state index is 0.101. The van der Waals surface area contributed by atoms with Gasteiger partial charge >= 0.3 is 0 Å². The summed E-state index contributed by atoms with van der Waals surface area (Å²) in [6, 6.07) is 12.9. The molecule has 0 aromatic heterocycles. The third-order valence-electron chi connectivity index (χ3n) is 5.41. The molecule has 132 valence electrons. The minimum atomic E-state index is -0.356. The summed E-state index contributed by atoms with van der Waals surface area (Å²) in [7, 11) is 0. The van der Waals surface area contributed by atoms with E-state index in [0.29, 0.717) is 16.7 Å².